The first-order chi connectivity index (χ1) is 13.8. The van der Waals surface area contributed by atoms with Crippen LogP contribution in [-0.2, 0) is 0 Å². The summed E-state index contributed by atoms with van der Waals surface area (Å²) >= 11 is 7.46. The highest BCUT2D eigenvalue weighted by atomic mass is 35.5. The second-order valence-electron chi connectivity index (χ2n) is 6.93. The predicted octanol–water partition coefficient (Wildman–Crippen LogP) is 4.76. The fraction of sp³-hybridized carbons (Fsp3) is 0.300. The van der Waals surface area contributed by atoms with Crippen LogP contribution in [0.25, 0.3) is 10.2 Å². The number of carbonyl (C=O) groups excluding carboxylic acids is 1. The minimum Gasteiger partial charge on any atom is -0.309 e. The molecule has 0 aliphatic rings. The van der Waals surface area contributed by atoms with E-state index in [9.17, 15) is 14.9 Å². The smallest absolute Gasteiger partial charge is 0.273 e. The van der Waals surface area contributed by atoms with Crippen LogP contribution in [0.1, 0.15) is 22.3 Å². The summed E-state index contributed by atoms with van der Waals surface area (Å²) in [5.41, 5.74) is 1.35. The number of fused-ring (bicyclic) bond motifs is 1. The maximum absolute atomic E-state index is 13.4. The van der Waals surface area contributed by atoms with Crippen LogP contribution in [-0.4, -0.2) is 47.9 Å². The average Bonchev–Trinajstić information content (AvgIpc) is 3.07. The molecule has 0 fully saturated rings. The summed E-state index contributed by atoms with van der Waals surface area (Å²) in [5.74, 6) is -0.296. The fourth-order valence-corrected chi connectivity index (χ4v) is 4.30. The van der Waals surface area contributed by atoms with Gasteiger partial charge in [0.25, 0.3) is 11.6 Å². The summed E-state index contributed by atoms with van der Waals surface area (Å²) < 4.78 is 0.883. The summed E-state index contributed by atoms with van der Waals surface area (Å²) in [4.78, 5) is 32.5. The van der Waals surface area contributed by atoms with Crippen LogP contribution in [0.3, 0.4) is 0 Å². The quantitative estimate of drug-likeness (QED) is 0.397. The summed E-state index contributed by atoms with van der Waals surface area (Å²) in [6, 6.07) is 9.96. The molecule has 0 saturated carbocycles. The third-order valence-corrected chi connectivity index (χ3v) is 5.81. The molecule has 0 aliphatic heterocycles. The van der Waals surface area contributed by atoms with Gasteiger partial charge >= 0.3 is 0 Å². The van der Waals surface area contributed by atoms with Crippen LogP contribution in [0.4, 0.5) is 10.8 Å². The number of thiazole rings is 1. The Labute approximate surface area is 177 Å². The fourth-order valence-electron chi connectivity index (χ4n) is 3.03. The number of nitro benzene ring substituents is 1. The minimum atomic E-state index is -0.470. The molecule has 0 aliphatic carbocycles. The molecule has 3 aromatic rings. The van der Waals surface area contributed by atoms with E-state index in [1.54, 1.807) is 24.0 Å². The molecule has 152 valence electrons. The van der Waals surface area contributed by atoms with E-state index in [0.29, 0.717) is 27.8 Å². The number of aromatic nitrogens is 1. The largest absolute Gasteiger partial charge is 0.309 e. The Morgan fingerprint density at radius 1 is 1.24 bits per heavy atom. The van der Waals surface area contributed by atoms with Crippen molar-refractivity contribution in [3.8, 4) is 0 Å². The Kier molecular flexibility index (Phi) is 6.46. The summed E-state index contributed by atoms with van der Waals surface area (Å²) in [6.07, 6.45) is 0.739. The zero-order valence-corrected chi connectivity index (χ0v) is 18.0. The molecule has 7 nitrogen and oxygen atoms in total. The monoisotopic (exact) mass is 432 g/mol. The lowest BCUT2D eigenvalue weighted by Gasteiger charge is -2.21. The molecule has 29 heavy (non-hydrogen) atoms. The Balaban J connectivity index is 2.01. The summed E-state index contributed by atoms with van der Waals surface area (Å²) in [5, 5.41) is 12.4. The molecule has 0 N–H and O–H groups in total. The first-order valence-corrected chi connectivity index (χ1v) is 10.2. The van der Waals surface area contributed by atoms with Gasteiger partial charge in [-0.1, -0.05) is 29.0 Å². The SMILES string of the molecule is Cc1c(C(=O)N(CCCN(C)C)c2nc3ccc(Cl)cc3s2)cccc1[N+](=O)[O-]. The normalized spacial score (nSPS) is 11.2. The van der Waals surface area contributed by atoms with E-state index in [4.69, 9.17) is 11.6 Å². The van der Waals surface area contributed by atoms with E-state index in [-0.39, 0.29) is 11.6 Å². The van der Waals surface area contributed by atoms with Crippen molar-refractivity contribution in [1.82, 2.24) is 9.88 Å². The van der Waals surface area contributed by atoms with Crippen molar-refractivity contribution in [2.24, 2.45) is 0 Å². The summed E-state index contributed by atoms with van der Waals surface area (Å²) in [6.45, 7) is 2.85. The molecule has 0 atom stereocenters. The van der Waals surface area contributed by atoms with Crippen molar-refractivity contribution >= 4 is 49.9 Å². The van der Waals surface area contributed by atoms with Crippen LogP contribution in [0, 0.1) is 17.0 Å². The maximum Gasteiger partial charge on any atom is 0.273 e. The van der Waals surface area contributed by atoms with E-state index in [2.05, 4.69) is 4.98 Å². The molecule has 0 saturated heterocycles. The van der Waals surface area contributed by atoms with Crippen LogP contribution in [0.15, 0.2) is 36.4 Å². The van der Waals surface area contributed by atoms with Gasteiger partial charge in [0.2, 0.25) is 0 Å². The van der Waals surface area contributed by atoms with Gasteiger partial charge in [0.1, 0.15) is 0 Å². The summed E-state index contributed by atoms with van der Waals surface area (Å²) in [7, 11) is 3.94. The molecule has 1 heterocycles. The van der Waals surface area contributed by atoms with Crippen molar-refractivity contribution in [2.75, 3.05) is 32.1 Å². The molecular weight excluding hydrogens is 412 g/mol. The van der Waals surface area contributed by atoms with E-state index in [1.165, 1.54) is 23.5 Å². The average molecular weight is 433 g/mol. The van der Waals surface area contributed by atoms with E-state index in [1.807, 2.05) is 31.1 Å². The lowest BCUT2D eigenvalue weighted by atomic mass is 10.1. The van der Waals surface area contributed by atoms with E-state index in [0.717, 1.165) is 23.2 Å². The highest BCUT2D eigenvalue weighted by molar-refractivity contribution is 7.22. The Morgan fingerprint density at radius 3 is 2.69 bits per heavy atom. The zero-order chi connectivity index (χ0) is 21.1. The molecule has 2 aromatic carbocycles. The lowest BCUT2D eigenvalue weighted by Crippen LogP contribution is -2.34. The second kappa shape index (κ2) is 8.86. The highest BCUT2D eigenvalue weighted by Gasteiger charge is 2.25. The van der Waals surface area contributed by atoms with Gasteiger partial charge in [-0.25, -0.2) is 4.98 Å². The third-order valence-electron chi connectivity index (χ3n) is 4.53. The molecule has 0 spiro atoms. The number of carbonyl (C=O) groups is 1. The standard InChI is InChI=1S/C20H21ClN4O3S/c1-13-15(6-4-7-17(13)25(27)28)19(26)24(11-5-10-23(2)3)20-22-16-9-8-14(21)12-18(16)29-20/h4,6-9,12H,5,10-11H2,1-3H3. The number of nitro groups is 1. The zero-order valence-electron chi connectivity index (χ0n) is 16.4. The van der Waals surface area contributed by atoms with E-state index >= 15 is 0 Å². The van der Waals surface area contributed by atoms with Gasteiger partial charge < -0.3 is 4.90 Å². The molecular formula is C20H21ClN4O3S. The van der Waals surface area contributed by atoms with Crippen molar-refractivity contribution in [3.05, 3.63) is 62.7 Å². The number of hydrogen-bond acceptors (Lipinski definition) is 6. The van der Waals surface area contributed by atoms with Gasteiger partial charge in [-0.15, -0.1) is 0 Å². The molecule has 1 aromatic heterocycles. The molecule has 3 rings (SSSR count). The Bertz CT molecular complexity index is 1070. The van der Waals surface area contributed by atoms with Crippen molar-refractivity contribution < 1.29 is 9.72 Å². The van der Waals surface area contributed by atoms with Gasteiger partial charge in [0.15, 0.2) is 5.13 Å². The maximum atomic E-state index is 13.4. The number of benzene rings is 2. The topological polar surface area (TPSA) is 79.6 Å². The third kappa shape index (κ3) is 4.72. The van der Waals surface area contributed by atoms with Gasteiger partial charge in [0, 0.05) is 28.8 Å². The first-order valence-electron chi connectivity index (χ1n) is 9.04. The first kappa shape index (κ1) is 21.2. The van der Waals surface area contributed by atoms with Gasteiger partial charge in [0.05, 0.1) is 15.1 Å². The lowest BCUT2D eigenvalue weighted by molar-refractivity contribution is -0.385. The predicted molar refractivity (Wildman–Crippen MR) is 117 cm³/mol. The number of halogens is 1. The number of hydrogen-bond donors (Lipinski definition) is 0. The van der Waals surface area contributed by atoms with Gasteiger partial charge in [-0.3, -0.25) is 19.8 Å². The molecule has 0 unspecified atom stereocenters. The molecule has 0 bridgehead atoms. The number of anilines is 1. The van der Waals surface area contributed by atoms with Crippen LogP contribution in [0.5, 0.6) is 0 Å². The van der Waals surface area contributed by atoms with Crippen LogP contribution in [0.2, 0.25) is 5.02 Å². The molecule has 9 heteroatoms. The van der Waals surface area contributed by atoms with Gasteiger partial charge in [-0.2, -0.15) is 0 Å². The van der Waals surface area contributed by atoms with Crippen molar-refractivity contribution in [1.29, 1.82) is 0 Å². The van der Waals surface area contributed by atoms with Crippen molar-refractivity contribution in [3.63, 3.8) is 0 Å². The molecule has 1 amide bonds. The number of amides is 1. The van der Waals surface area contributed by atoms with Crippen LogP contribution < -0.4 is 4.90 Å². The van der Waals surface area contributed by atoms with E-state index < -0.39 is 4.92 Å². The highest BCUT2D eigenvalue weighted by Crippen LogP contribution is 2.32. The second-order valence-corrected chi connectivity index (χ2v) is 8.37. The van der Waals surface area contributed by atoms with Crippen LogP contribution >= 0.6 is 22.9 Å². The molecule has 0 radical (unpaired) electrons. The Morgan fingerprint density at radius 2 is 2.00 bits per heavy atom. The van der Waals surface area contributed by atoms with Crippen molar-refractivity contribution in [2.45, 2.75) is 13.3 Å². The number of nitrogens with zero attached hydrogens (tertiary/aromatic N) is 4. The number of rotatable bonds is 7. The Hall–Kier alpha value is -2.55. The van der Waals surface area contributed by atoms with Gasteiger partial charge in [-0.05, 0) is 58.3 Å². The minimum absolute atomic E-state index is 0.0693.